The summed E-state index contributed by atoms with van der Waals surface area (Å²) in [7, 11) is 0. The monoisotopic (exact) mass is 778 g/mol. The summed E-state index contributed by atoms with van der Waals surface area (Å²) in [4.78, 5) is 51.8. The average molecular weight is 779 g/mol. The maximum atomic E-state index is 14.6. The Morgan fingerprint density at radius 3 is 1.84 bits per heavy atom. The number of Topliss-reactive ketones (excluding diaryl/α,β-unsaturated/α-hetero) is 1. The summed E-state index contributed by atoms with van der Waals surface area (Å²) in [5.41, 5.74) is 5.03. The number of likely N-dealkylation sites (tertiary alicyclic amines) is 1. The molecule has 0 radical (unpaired) electrons. The maximum absolute atomic E-state index is 14.6. The van der Waals surface area contributed by atoms with E-state index in [1.807, 2.05) is 65.8 Å². The van der Waals surface area contributed by atoms with Crippen LogP contribution in [-0.2, 0) is 15.1 Å². The van der Waals surface area contributed by atoms with Crippen LogP contribution in [0.5, 0.6) is 0 Å². The summed E-state index contributed by atoms with van der Waals surface area (Å²) >= 11 is 0. The maximum Gasteiger partial charge on any atom is 0.245 e. The second kappa shape index (κ2) is 18.9. The van der Waals surface area contributed by atoms with E-state index in [0.29, 0.717) is 12.2 Å². The van der Waals surface area contributed by atoms with E-state index in [1.54, 1.807) is 0 Å². The number of carbonyl (C=O) groups is 2. The van der Waals surface area contributed by atoms with Gasteiger partial charge in [0.05, 0.1) is 35.9 Å². The van der Waals surface area contributed by atoms with Crippen LogP contribution in [0.2, 0.25) is 0 Å². The van der Waals surface area contributed by atoms with E-state index in [0.717, 1.165) is 98.0 Å². The van der Waals surface area contributed by atoms with Crippen LogP contribution in [0.4, 0.5) is 0 Å². The van der Waals surface area contributed by atoms with Crippen LogP contribution in [0.15, 0.2) is 97.3 Å². The second-order valence-electron chi connectivity index (χ2n) is 15.3. The molecule has 3 N–H and O–H groups in total. The second-order valence-corrected chi connectivity index (χ2v) is 15.3. The van der Waals surface area contributed by atoms with Gasteiger partial charge in [-0.25, -0.2) is 9.97 Å². The number of amides is 1. The Kier molecular flexibility index (Phi) is 13.3. The van der Waals surface area contributed by atoms with Gasteiger partial charge in [-0.15, -0.1) is 0 Å². The van der Waals surface area contributed by atoms with Gasteiger partial charge in [0.2, 0.25) is 5.91 Å². The van der Waals surface area contributed by atoms with Crippen LogP contribution in [0.25, 0.3) is 24.3 Å². The van der Waals surface area contributed by atoms with Crippen molar-refractivity contribution in [2.24, 2.45) is 0 Å². The van der Waals surface area contributed by atoms with E-state index in [1.165, 1.54) is 0 Å². The smallest absolute Gasteiger partial charge is 0.245 e. The molecule has 0 spiro atoms. The van der Waals surface area contributed by atoms with Crippen molar-refractivity contribution in [3.63, 3.8) is 0 Å². The molecule has 2 saturated heterocycles. The third kappa shape index (κ3) is 8.70. The number of imidazole rings is 2. The van der Waals surface area contributed by atoms with Crippen LogP contribution in [-0.4, -0.2) is 85.6 Å². The summed E-state index contributed by atoms with van der Waals surface area (Å²) in [6.45, 7) is 13.1. The number of hydrogen-bond acceptors (Lipinski definition) is 7. The van der Waals surface area contributed by atoms with E-state index in [-0.39, 0.29) is 29.8 Å². The largest absolute Gasteiger partial charge is 0.341 e. The highest BCUT2D eigenvalue weighted by Crippen LogP contribution is 2.38. The number of benzene rings is 3. The molecule has 302 valence electrons. The van der Waals surface area contributed by atoms with Crippen molar-refractivity contribution in [1.29, 1.82) is 0 Å². The Labute approximate surface area is 343 Å². The molecule has 4 atom stereocenters. The minimum absolute atomic E-state index is 0.0763. The Balaban J connectivity index is 1.01. The molecule has 0 unspecified atom stereocenters. The van der Waals surface area contributed by atoms with E-state index in [2.05, 4.69) is 113 Å². The number of nitrogens with zero attached hydrogens (tertiary/aromatic N) is 5. The summed E-state index contributed by atoms with van der Waals surface area (Å²) in [6.07, 6.45) is 15.3. The zero-order chi connectivity index (χ0) is 40.5. The summed E-state index contributed by atoms with van der Waals surface area (Å²) in [5.74, 6) is 1.78. The molecule has 3 aromatic carbocycles. The topological polar surface area (TPSA) is 113 Å². The SMILES string of the molecule is CCN(CC)[C@@H](C(=O)N1CCC[C@H]1c1ncc(C=Cc2ccc(C=Cc3cnc([C@]4(C(=O)[C@@H](c5ccccc5)N(CC)CC)CCCN4)[nH]3)cc2)[nH]1)c1ccccc1. The van der Waals surface area contributed by atoms with Crippen LogP contribution < -0.4 is 5.32 Å². The zero-order valence-corrected chi connectivity index (χ0v) is 34.4. The number of ketones is 1. The van der Waals surface area contributed by atoms with Gasteiger partial charge in [-0.2, -0.15) is 0 Å². The molecule has 2 fully saturated rings. The van der Waals surface area contributed by atoms with Crippen molar-refractivity contribution in [2.45, 2.75) is 77.0 Å². The molecule has 2 aromatic heterocycles. The van der Waals surface area contributed by atoms with Gasteiger partial charge in [0.15, 0.2) is 5.78 Å². The average Bonchev–Trinajstić information content (AvgIpc) is 4.12. The van der Waals surface area contributed by atoms with Gasteiger partial charge in [0.1, 0.15) is 23.2 Å². The van der Waals surface area contributed by atoms with Crippen LogP contribution in [0.3, 0.4) is 0 Å². The van der Waals surface area contributed by atoms with Crippen LogP contribution >= 0.6 is 0 Å². The molecule has 10 heteroatoms. The number of aromatic amines is 2. The molecule has 5 aromatic rings. The lowest BCUT2D eigenvalue weighted by atomic mass is 9.83. The highest BCUT2D eigenvalue weighted by atomic mass is 16.2. The van der Waals surface area contributed by atoms with Gasteiger partial charge in [-0.05, 0) is 92.8 Å². The number of rotatable bonds is 17. The van der Waals surface area contributed by atoms with Gasteiger partial charge in [0, 0.05) is 6.54 Å². The van der Waals surface area contributed by atoms with Gasteiger partial charge in [0.25, 0.3) is 0 Å². The van der Waals surface area contributed by atoms with Crippen LogP contribution in [0.1, 0.15) is 117 Å². The molecule has 0 bridgehead atoms. The van der Waals surface area contributed by atoms with Gasteiger partial charge < -0.3 is 14.9 Å². The van der Waals surface area contributed by atoms with Gasteiger partial charge in [-0.3, -0.25) is 24.7 Å². The third-order valence-electron chi connectivity index (χ3n) is 12.0. The highest BCUT2D eigenvalue weighted by Gasteiger charge is 2.49. The molecule has 0 aliphatic carbocycles. The van der Waals surface area contributed by atoms with Crippen molar-refractivity contribution in [3.05, 3.63) is 143 Å². The summed E-state index contributed by atoms with van der Waals surface area (Å²) in [6, 6.07) is 27.9. The lowest BCUT2D eigenvalue weighted by molar-refractivity contribution is -0.138. The number of hydrogen-bond donors (Lipinski definition) is 3. The molecule has 2 aliphatic heterocycles. The minimum atomic E-state index is -0.872. The molecule has 2 aliphatic rings. The zero-order valence-electron chi connectivity index (χ0n) is 34.4. The van der Waals surface area contributed by atoms with E-state index >= 15 is 0 Å². The van der Waals surface area contributed by atoms with Crippen molar-refractivity contribution in [2.75, 3.05) is 39.3 Å². The Bertz CT molecular complexity index is 2140. The molecular weight excluding hydrogens is 721 g/mol. The molecule has 1 amide bonds. The van der Waals surface area contributed by atoms with Crippen molar-refractivity contribution in [3.8, 4) is 0 Å². The molecule has 7 rings (SSSR count). The third-order valence-corrected chi connectivity index (χ3v) is 12.0. The predicted octanol–water partition coefficient (Wildman–Crippen LogP) is 8.45. The number of likely N-dealkylation sites (N-methyl/N-ethyl adjacent to an activating group) is 2. The molecule has 10 nitrogen and oxygen atoms in total. The fourth-order valence-corrected chi connectivity index (χ4v) is 8.80. The van der Waals surface area contributed by atoms with E-state index < -0.39 is 5.54 Å². The quantitative estimate of drug-likeness (QED) is 0.0869. The standard InChI is InChI=1S/C48H58N8O2/c1-5-54(6-2)42(37-17-11-9-12-18-37)44(57)48(30-16-31-51-48)47-50-34-40(53-47)29-27-36-24-22-35(23-25-36)26-28-39-33-49-45(52-39)41-21-15-32-56(41)46(58)43(55(7-3)8-4)38-19-13-10-14-20-38/h9-14,17-20,22-29,33-34,41-43,51H,5-8,15-16,21,30-32H2,1-4H3,(H,49,52)(H,50,53)/t41-,42+,43+,48+/m0/s1. The Morgan fingerprint density at radius 1 is 0.724 bits per heavy atom. The Morgan fingerprint density at radius 2 is 1.28 bits per heavy atom. The Hall–Kier alpha value is -5.42. The van der Waals surface area contributed by atoms with Crippen molar-refractivity contribution in [1.82, 2.24) is 40.0 Å². The summed E-state index contributed by atoms with van der Waals surface area (Å²) < 4.78 is 0. The molecule has 58 heavy (non-hydrogen) atoms. The minimum Gasteiger partial charge on any atom is -0.341 e. The molecular formula is C48H58N8O2. The first-order chi connectivity index (χ1) is 28.4. The van der Waals surface area contributed by atoms with Gasteiger partial charge in [-0.1, -0.05) is 125 Å². The fourth-order valence-electron chi connectivity index (χ4n) is 8.80. The number of aromatic nitrogens is 4. The summed E-state index contributed by atoms with van der Waals surface area (Å²) in [5, 5.41) is 3.57. The van der Waals surface area contributed by atoms with E-state index in [9.17, 15) is 9.59 Å². The lowest BCUT2D eigenvalue weighted by Gasteiger charge is -2.36. The number of carbonyl (C=O) groups excluding carboxylic acids is 2. The molecule has 0 saturated carbocycles. The van der Waals surface area contributed by atoms with E-state index in [4.69, 9.17) is 9.97 Å². The number of nitrogens with one attached hydrogen (secondary N) is 3. The fraction of sp³-hybridized carbons (Fsp3) is 0.375. The van der Waals surface area contributed by atoms with Gasteiger partial charge >= 0.3 is 0 Å². The van der Waals surface area contributed by atoms with Crippen molar-refractivity contribution < 1.29 is 9.59 Å². The lowest BCUT2D eigenvalue weighted by Crippen LogP contribution is -2.51. The first-order valence-electron chi connectivity index (χ1n) is 21.1. The predicted molar refractivity (Wildman–Crippen MR) is 233 cm³/mol. The first-order valence-corrected chi connectivity index (χ1v) is 21.1. The molecule has 4 heterocycles. The van der Waals surface area contributed by atoms with Crippen LogP contribution in [0, 0.1) is 0 Å². The van der Waals surface area contributed by atoms with Crippen molar-refractivity contribution >= 4 is 36.0 Å². The first kappa shape index (κ1) is 40.8. The number of H-pyrrole nitrogens is 2. The normalized spacial score (nSPS) is 19.6. The highest BCUT2D eigenvalue weighted by molar-refractivity contribution is 5.94.